The lowest BCUT2D eigenvalue weighted by atomic mass is 10.1. The Bertz CT molecular complexity index is 2600. The lowest BCUT2D eigenvalue weighted by Gasteiger charge is -2.04. The molecule has 0 heterocycles. The van der Waals surface area contributed by atoms with Crippen LogP contribution in [0.3, 0.4) is 0 Å². The van der Waals surface area contributed by atoms with Crippen molar-refractivity contribution in [1.82, 2.24) is 0 Å². The number of ether oxygens (including phenoxy) is 4. The van der Waals surface area contributed by atoms with E-state index >= 15 is 0 Å². The summed E-state index contributed by atoms with van der Waals surface area (Å²) in [6, 6.07) is 44.4. The van der Waals surface area contributed by atoms with Gasteiger partial charge in [-0.25, -0.2) is 0 Å². The van der Waals surface area contributed by atoms with E-state index in [9.17, 15) is 0 Å². The highest BCUT2D eigenvalue weighted by Crippen LogP contribution is 2.26. The normalized spacial score (nSPS) is 10.7. The summed E-state index contributed by atoms with van der Waals surface area (Å²) < 4.78 is 20.1. The van der Waals surface area contributed by atoms with E-state index in [0.29, 0.717) is 11.5 Å². The molecule has 0 aromatic heterocycles. The summed E-state index contributed by atoms with van der Waals surface area (Å²) >= 11 is 0. The molecule has 0 saturated heterocycles. The van der Waals surface area contributed by atoms with Gasteiger partial charge in [-0.3, -0.25) is 0 Å². The molecular weight excluding hydrogens is 841 g/mol. The van der Waals surface area contributed by atoms with Crippen LogP contribution < -0.4 is 18.9 Å². The number of phenols is 2. The van der Waals surface area contributed by atoms with Crippen molar-refractivity contribution in [3.63, 3.8) is 0 Å². The lowest BCUT2D eigenvalue weighted by Crippen LogP contribution is -1.87. The van der Waals surface area contributed by atoms with Gasteiger partial charge in [0.1, 0.15) is 23.0 Å². The summed E-state index contributed by atoms with van der Waals surface area (Å²) in [6.45, 7) is 20.4. The zero-order chi connectivity index (χ0) is 50.2. The van der Waals surface area contributed by atoms with Crippen LogP contribution in [0.2, 0.25) is 0 Å². The van der Waals surface area contributed by atoms with Crippen LogP contribution in [0.25, 0.3) is 12.2 Å². The minimum Gasteiger partial charge on any atom is -0.508 e. The highest BCUT2D eigenvalue weighted by Gasteiger charge is 2.04. The van der Waals surface area contributed by atoms with Crippen molar-refractivity contribution >= 4 is 12.2 Å². The molecule has 0 amide bonds. The quantitative estimate of drug-likeness (QED) is 0.183. The van der Waals surface area contributed by atoms with Crippen molar-refractivity contribution in [3.05, 3.63) is 224 Å². The first-order valence-electron chi connectivity index (χ1n) is 22.9. The maximum atomic E-state index is 9.17. The molecule has 358 valence electrons. The summed E-state index contributed by atoms with van der Waals surface area (Å²) in [6.07, 6.45) is 11.1. The van der Waals surface area contributed by atoms with E-state index in [1.54, 1.807) is 45.6 Å². The fraction of sp³-hybridized carbons (Fsp3) is 0.258. The Kier molecular flexibility index (Phi) is 23.3. The first-order valence-corrected chi connectivity index (χ1v) is 22.9. The molecule has 2 N–H and O–H groups in total. The second kappa shape index (κ2) is 28.8. The Labute approximate surface area is 408 Å². The second-order valence-electron chi connectivity index (χ2n) is 17.2. The average Bonchev–Trinajstić information content (AvgIpc) is 3.97. The molecule has 0 fully saturated rings. The molecule has 0 atom stereocenters. The van der Waals surface area contributed by atoms with E-state index in [-0.39, 0.29) is 5.75 Å². The van der Waals surface area contributed by atoms with Crippen molar-refractivity contribution in [2.45, 2.75) is 82.1 Å². The highest BCUT2D eigenvalue weighted by atomic mass is 16.5. The van der Waals surface area contributed by atoms with Crippen molar-refractivity contribution in [3.8, 4) is 34.5 Å². The van der Waals surface area contributed by atoms with Gasteiger partial charge in [0, 0.05) is 6.07 Å². The zero-order valence-corrected chi connectivity index (χ0v) is 43.0. The number of phenolic OH excluding ortho intramolecular Hbond substituents is 2. The third-order valence-electron chi connectivity index (χ3n) is 10.6. The molecule has 6 nitrogen and oxygen atoms in total. The maximum Gasteiger partial charge on any atom is 0.160 e. The van der Waals surface area contributed by atoms with Crippen LogP contribution in [0, 0.1) is 69.2 Å². The predicted octanol–water partition coefficient (Wildman–Crippen LogP) is 15.5. The van der Waals surface area contributed by atoms with Crippen LogP contribution in [0.15, 0.2) is 146 Å². The van der Waals surface area contributed by atoms with Gasteiger partial charge < -0.3 is 29.2 Å². The molecule has 7 aromatic carbocycles. The Morgan fingerprint density at radius 2 is 0.824 bits per heavy atom. The summed E-state index contributed by atoms with van der Waals surface area (Å²) in [4.78, 5) is 0. The molecule has 2 aliphatic carbocycles. The molecule has 0 unspecified atom stereocenters. The average molecular weight is 915 g/mol. The van der Waals surface area contributed by atoms with Gasteiger partial charge in [0.05, 0.1) is 28.4 Å². The van der Waals surface area contributed by atoms with Gasteiger partial charge in [-0.2, -0.15) is 0 Å². The minimum absolute atomic E-state index is 0.197. The van der Waals surface area contributed by atoms with Crippen molar-refractivity contribution in [2.75, 3.05) is 28.4 Å². The van der Waals surface area contributed by atoms with E-state index in [1.807, 2.05) is 71.0 Å². The number of benzene rings is 7. The Morgan fingerprint density at radius 3 is 1.35 bits per heavy atom. The van der Waals surface area contributed by atoms with E-state index in [1.165, 1.54) is 62.7 Å². The number of aryl methyl sites for hydroxylation is 10. The molecular formula is C62H74O6. The van der Waals surface area contributed by atoms with Crippen LogP contribution in [-0.4, -0.2) is 38.7 Å². The number of allylic oxidation sites excluding steroid dienone is 2. The molecule has 6 heteroatoms. The maximum absolute atomic E-state index is 9.17. The molecule has 7 aromatic rings. The van der Waals surface area contributed by atoms with Crippen LogP contribution in [0.5, 0.6) is 34.5 Å². The fourth-order valence-electron chi connectivity index (χ4n) is 7.19. The summed E-state index contributed by atoms with van der Waals surface area (Å²) in [7, 11) is 6.52. The van der Waals surface area contributed by atoms with Crippen molar-refractivity contribution in [2.24, 2.45) is 0 Å². The first kappa shape index (κ1) is 55.1. The molecule has 0 bridgehead atoms. The smallest absolute Gasteiger partial charge is 0.160 e. The molecule has 68 heavy (non-hydrogen) atoms. The SMILES string of the molecule is COc1cc(C)cc(OC)c1.COc1cc(C)ccc1C.COc1ccc(C)cc1O.Cc1cc(C)cc(O)c1.Cc1ccc2c(c1)C=CC2.Cc1ccc2c(c1)CC=C2.Cc1cccc(C)c1. The van der Waals surface area contributed by atoms with Crippen LogP contribution in [0.1, 0.15) is 77.9 Å². The number of methoxy groups -OCH3 is 4. The van der Waals surface area contributed by atoms with E-state index in [2.05, 4.69) is 132 Å². The van der Waals surface area contributed by atoms with Gasteiger partial charge in [0.25, 0.3) is 0 Å². The van der Waals surface area contributed by atoms with Crippen molar-refractivity contribution < 1.29 is 29.2 Å². The molecule has 2 aliphatic rings. The van der Waals surface area contributed by atoms with Gasteiger partial charge in [-0.15, -0.1) is 0 Å². The predicted molar refractivity (Wildman–Crippen MR) is 287 cm³/mol. The first-order chi connectivity index (χ1) is 32.4. The number of rotatable bonds is 4. The fourth-order valence-corrected chi connectivity index (χ4v) is 7.19. The largest absolute Gasteiger partial charge is 0.508 e. The van der Waals surface area contributed by atoms with Crippen molar-refractivity contribution in [1.29, 1.82) is 0 Å². The topological polar surface area (TPSA) is 77.4 Å². The molecule has 0 spiro atoms. The van der Waals surface area contributed by atoms with Gasteiger partial charge in [-0.1, -0.05) is 131 Å². The number of fused-ring (bicyclic) bond motifs is 2. The minimum atomic E-state index is 0.197. The summed E-state index contributed by atoms with van der Waals surface area (Å²) in [5, 5.41) is 18.2. The Hall–Kier alpha value is -7.18. The van der Waals surface area contributed by atoms with E-state index in [4.69, 9.17) is 29.2 Å². The van der Waals surface area contributed by atoms with Gasteiger partial charge in [0.2, 0.25) is 0 Å². The molecule has 0 saturated carbocycles. The summed E-state index contributed by atoms with van der Waals surface area (Å²) in [5.41, 5.74) is 17.9. The number of hydrogen-bond acceptors (Lipinski definition) is 6. The standard InChI is InChI=1S/2C10H10.C9H12O2.C9H12O.C8H10O2.C8H10O.C8H10/c2*1-8-5-6-9-3-2-4-10(9)7-8;1-7-4-8(10-2)6-9(5-7)11-3;1-7-4-5-8(2)9(6-7)10-3;1-6-3-4-8(10-2)7(9)5-6;1-6-3-7(2)5-8(9)4-6;1-7-4-3-5-8(2)6-7/h2,4-7H,3H2,1H3;2-3,5-7H,4H2,1H3;4-6H,1-3H3;4-6H,1-3H3;3-5,9H,1-2H3;3-5,9H,1-2H3;3-6H,1-2H3. The third-order valence-corrected chi connectivity index (χ3v) is 10.6. The third kappa shape index (κ3) is 20.1. The monoisotopic (exact) mass is 915 g/mol. The number of hydrogen-bond donors (Lipinski definition) is 2. The molecule has 0 aliphatic heterocycles. The van der Waals surface area contributed by atoms with Gasteiger partial charge in [-0.05, 0) is 180 Å². The van der Waals surface area contributed by atoms with E-state index in [0.717, 1.165) is 52.3 Å². The summed E-state index contributed by atoms with van der Waals surface area (Å²) in [5.74, 6) is 3.71. The van der Waals surface area contributed by atoms with Crippen LogP contribution in [0.4, 0.5) is 0 Å². The Balaban J connectivity index is 0.000000211. The number of aromatic hydroxyl groups is 2. The lowest BCUT2D eigenvalue weighted by molar-refractivity contribution is 0.373. The van der Waals surface area contributed by atoms with Gasteiger partial charge in [0.15, 0.2) is 11.5 Å². The zero-order valence-electron chi connectivity index (χ0n) is 43.0. The van der Waals surface area contributed by atoms with Gasteiger partial charge >= 0.3 is 0 Å². The molecule has 0 radical (unpaired) electrons. The van der Waals surface area contributed by atoms with Crippen LogP contribution >= 0.6 is 0 Å². The van der Waals surface area contributed by atoms with E-state index < -0.39 is 0 Å². The second-order valence-corrected chi connectivity index (χ2v) is 17.2. The Morgan fingerprint density at radius 1 is 0.353 bits per heavy atom. The van der Waals surface area contributed by atoms with Crippen LogP contribution in [-0.2, 0) is 12.8 Å². The molecule has 9 rings (SSSR count). The highest BCUT2D eigenvalue weighted by molar-refractivity contribution is 5.61.